The number of nitrogens with zero attached hydrogens (tertiary/aromatic N) is 2. The first-order valence-corrected chi connectivity index (χ1v) is 12.2. The second-order valence-corrected chi connectivity index (χ2v) is 9.76. The van der Waals surface area contributed by atoms with Crippen molar-refractivity contribution in [3.8, 4) is 0 Å². The molecule has 164 valence electrons. The Labute approximate surface area is 190 Å². The third-order valence-electron chi connectivity index (χ3n) is 8.19. The summed E-state index contributed by atoms with van der Waals surface area (Å²) in [6.45, 7) is 6.28. The summed E-state index contributed by atoms with van der Waals surface area (Å²) in [7, 11) is 0. The van der Waals surface area contributed by atoms with Gasteiger partial charge in [0, 0.05) is 40.3 Å². The molecule has 1 fully saturated rings. The molecule has 3 nitrogen and oxygen atoms in total. The van der Waals surface area contributed by atoms with Crippen LogP contribution < -0.4 is 0 Å². The van der Waals surface area contributed by atoms with Gasteiger partial charge in [0.25, 0.3) is 0 Å². The quantitative estimate of drug-likeness (QED) is 0.460. The first-order chi connectivity index (χ1) is 15.7. The van der Waals surface area contributed by atoms with Gasteiger partial charge < -0.3 is 9.67 Å². The molecule has 0 bridgehead atoms. The van der Waals surface area contributed by atoms with Gasteiger partial charge in [-0.15, -0.1) is 0 Å². The number of aliphatic hydroxyl groups excluding tert-OH is 1. The number of hydrogen-bond donors (Lipinski definition) is 1. The van der Waals surface area contributed by atoms with Crippen molar-refractivity contribution in [3.05, 3.63) is 83.4 Å². The van der Waals surface area contributed by atoms with E-state index in [0.717, 1.165) is 51.9 Å². The van der Waals surface area contributed by atoms with Crippen LogP contribution in [0.2, 0.25) is 0 Å². The minimum absolute atomic E-state index is 0.0517. The lowest BCUT2D eigenvalue weighted by molar-refractivity contribution is 0.0163. The van der Waals surface area contributed by atoms with Crippen molar-refractivity contribution in [1.82, 2.24) is 9.47 Å². The highest BCUT2D eigenvalue weighted by molar-refractivity contribution is 6.08. The lowest BCUT2D eigenvalue weighted by Gasteiger charge is -2.48. The number of fused-ring (bicyclic) bond motifs is 5. The number of para-hydroxylation sites is 1. The molecule has 2 heterocycles. The molecule has 2 aliphatic rings. The number of aliphatic hydroxyl groups is 1. The molecule has 0 saturated carbocycles. The van der Waals surface area contributed by atoms with Crippen LogP contribution in [-0.2, 0) is 24.9 Å². The van der Waals surface area contributed by atoms with Crippen LogP contribution >= 0.6 is 0 Å². The average molecular weight is 425 g/mol. The van der Waals surface area contributed by atoms with Gasteiger partial charge in [0.1, 0.15) is 0 Å². The smallest absolute Gasteiger partial charge is 0.0641 e. The SMILES string of the molecule is CCn1c2ccccc2c2ccc(CN3CCC4(CC3)c3ccccc3CCC4O)cc21. The van der Waals surface area contributed by atoms with E-state index >= 15 is 0 Å². The lowest BCUT2D eigenvalue weighted by Crippen LogP contribution is -2.51. The number of rotatable bonds is 3. The molecule has 6 rings (SSSR count). The maximum Gasteiger partial charge on any atom is 0.0641 e. The lowest BCUT2D eigenvalue weighted by atomic mass is 9.63. The molecule has 1 aliphatic heterocycles. The summed E-state index contributed by atoms with van der Waals surface area (Å²) in [5.74, 6) is 0. The summed E-state index contributed by atoms with van der Waals surface area (Å²) in [4.78, 5) is 2.58. The average Bonchev–Trinajstić information content (AvgIpc) is 3.16. The summed E-state index contributed by atoms with van der Waals surface area (Å²) < 4.78 is 2.44. The Bertz CT molecular complexity index is 1280. The zero-order chi connectivity index (χ0) is 21.7. The highest BCUT2D eigenvalue weighted by Crippen LogP contribution is 2.45. The number of aromatic nitrogens is 1. The van der Waals surface area contributed by atoms with E-state index < -0.39 is 0 Å². The minimum atomic E-state index is -0.212. The van der Waals surface area contributed by atoms with E-state index in [4.69, 9.17) is 0 Å². The molecule has 0 radical (unpaired) electrons. The van der Waals surface area contributed by atoms with Crippen LogP contribution in [0.15, 0.2) is 66.7 Å². The van der Waals surface area contributed by atoms with Crippen LogP contribution in [-0.4, -0.2) is 33.8 Å². The third-order valence-corrected chi connectivity index (χ3v) is 8.19. The summed E-state index contributed by atoms with van der Waals surface area (Å²) in [5, 5.41) is 13.7. The van der Waals surface area contributed by atoms with Crippen molar-refractivity contribution in [3.63, 3.8) is 0 Å². The molecular weight excluding hydrogens is 392 g/mol. The number of likely N-dealkylation sites (tertiary alicyclic amines) is 1. The zero-order valence-electron chi connectivity index (χ0n) is 18.9. The van der Waals surface area contributed by atoms with Gasteiger partial charge >= 0.3 is 0 Å². The maximum absolute atomic E-state index is 11.0. The van der Waals surface area contributed by atoms with E-state index in [-0.39, 0.29) is 11.5 Å². The monoisotopic (exact) mass is 424 g/mol. The second kappa shape index (κ2) is 7.75. The van der Waals surface area contributed by atoms with Crippen LogP contribution in [0.3, 0.4) is 0 Å². The highest BCUT2D eigenvalue weighted by Gasteiger charge is 2.45. The Balaban J connectivity index is 1.25. The summed E-state index contributed by atoms with van der Waals surface area (Å²) in [6, 6.07) is 24.6. The minimum Gasteiger partial charge on any atom is -0.392 e. The number of piperidine rings is 1. The molecule has 1 spiro atoms. The predicted octanol–water partition coefficient (Wildman–Crippen LogP) is 5.66. The summed E-state index contributed by atoms with van der Waals surface area (Å²) >= 11 is 0. The fraction of sp³-hybridized carbons (Fsp3) is 0.379. The Kier molecular flexibility index (Phi) is 4.85. The first-order valence-electron chi connectivity index (χ1n) is 12.2. The van der Waals surface area contributed by atoms with Crippen molar-refractivity contribution in [1.29, 1.82) is 0 Å². The van der Waals surface area contributed by atoms with E-state index in [9.17, 15) is 5.11 Å². The molecule has 1 atom stereocenters. The van der Waals surface area contributed by atoms with Crippen LogP contribution in [0.5, 0.6) is 0 Å². The van der Waals surface area contributed by atoms with Gasteiger partial charge in [0.2, 0.25) is 0 Å². The number of hydrogen-bond acceptors (Lipinski definition) is 2. The Morgan fingerprint density at radius 2 is 1.66 bits per heavy atom. The Hall–Kier alpha value is -2.62. The molecule has 1 aromatic heterocycles. The molecule has 4 aromatic rings. The largest absolute Gasteiger partial charge is 0.392 e. The molecule has 32 heavy (non-hydrogen) atoms. The molecule has 3 aromatic carbocycles. The van der Waals surface area contributed by atoms with E-state index in [1.54, 1.807) is 0 Å². The van der Waals surface area contributed by atoms with Crippen LogP contribution in [0.4, 0.5) is 0 Å². The molecular formula is C29H32N2O. The van der Waals surface area contributed by atoms with E-state index in [0.29, 0.717) is 0 Å². The molecule has 1 aliphatic carbocycles. The fourth-order valence-electron chi connectivity index (χ4n) is 6.48. The van der Waals surface area contributed by atoms with Crippen molar-refractivity contribution < 1.29 is 5.11 Å². The molecule has 1 unspecified atom stereocenters. The van der Waals surface area contributed by atoms with Gasteiger partial charge in [-0.25, -0.2) is 0 Å². The Morgan fingerprint density at radius 1 is 0.906 bits per heavy atom. The topological polar surface area (TPSA) is 28.4 Å². The molecule has 0 amide bonds. The van der Waals surface area contributed by atoms with E-state index in [2.05, 4.69) is 83.1 Å². The van der Waals surface area contributed by atoms with E-state index in [1.165, 1.54) is 38.5 Å². The summed E-state index contributed by atoms with van der Waals surface area (Å²) in [5.41, 5.74) is 6.86. The van der Waals surface area contributed by atoms with Gasteiger partial charge in [-0.3, -0.25) is 4.90 Å². The van der Waals surface area contributed by atoms with Crippen LogP contribution in [0.1, 0.15) is 42.9 Å². The van der Waals surface area contributed by atoms with Gasteiger partial charge in [-0.2, -0.15) is 0 Å². The molecule has 1 N–H and O–H groups in total. The second-order valence-electron chi connectivity index (χ2n) is 9.76. The first kappa shape index (κ1) is 20.0. The predicted molar refractivity (Wildman–Crippen MR) is 132 cm³/mol. The fourth-order valence-corrected chi connectivity index (χ4v) is 6.48. The van der Waals surface area contributed by atoms with Gasteiger partial charge in [0.15, 0.2) is 0 Å². The number of aryl methyl sites for hydroxylation is 2. The summed E-state index contributed by atoms with van der Waals surface area (Å²) in [6.07, 6.45) is 3.78. The standard InChI is InChI=1S/C29H32N2O/c1-2-31-26-10-6-4-8-23(26)24-13-11-21(19-27(24)31)20-30-17-15-29(16-18-30)25-9-5-3-7-22(25)12-14-28(29)32/h3-11,13,19,28,32H,2,12,14-18,20H2,1H3. The number of benzene rings is 3. The van der Waals surface area contributed by atoms with Gasteiger partial charge in [-0.05, 0) is 74.5 Å². The molecule has 3 heteroatoms. The normalized spacial score (nSPS) is 20.8. The van der Waals surface area contributed by atoms with E-state index in [1.807, 2.05) is 0 Å². The highest BCUT2D eigenvalue weighted by atomic mass is 16.3. The van der Waals surface area contributed by atoms with Gasteiger partial charge in [0.05, 0.1) is 6.10 Å². The zero-order valence-corrected chi connectivity index (χ0v) is 18.9. The Morgan fingerprint density at radius 3 is 2.50 bits per heavy atom. The van der Waals surface area contributed by atoms with Gasteiger partial charge in [-0.1, -0.05) is 54.6 Å². The molecule has 1 saturated heterocycles. The van der Waals surface area contributed by atoms with Crippen LogP contribution in [0, 0.1) is 0 Å². The van der Waals surface area contributed by atoms with Crippen LogP contribution in [0.25, 0.3) is 21.8 Å². The van der Waals surface area contributed by atoms with Crippen molar-refractivity contribution >= 4 is 21.8 Å². The van der Waals surface area contributed by atoms with Crippen molar-refractivity contribution in [2.75, 3.05) is 13.1 Å². The van der Waals surface area contributed by atoms with Crippen molar-refractivity contribution in [2.24, 2.45) is 0 Å². The third kappa shape index (κ3) is 3.02. The van der Waals surface area contributed by atoms with Crippen molar-refractivity contribution in [2.45, 2.75) is 57.2 Å². The maximum atomic E-state index is 11.0.